The van der Waals surface area contributed by atoms with Gasteiger partial charge in [0.2, 0.25) is 5.91 Å². The maximum Gasteiger partial charge on any atom is 0.224 e. The zero-order valence-corrected chi connectivity index (χ0v) is 17.7. The molecule has 1 aliphatic heterocycles. The van der Waals surface area contributed by atoms with E-state index in [0.717, 1.165) is 23.3 Å². The highest BCUT2D eigenvalue weighted by atomic mass is 35.5. The zero-order valence-electron chi connectivity index (χ0n) is 16.9. The molecule has 1 atom stereocenters. The largest absolute Gasteiger partial charge is 0.497 e. The first-order valence-electron chi connectivity index (χ1n) is 9.48. The predicted molar refractivity (Wildman–Crippen MR) is 112 cm³/mol. The van der Waals surface area contributed by atoms with Crippen LogP contribution in [0.15, 0.2) is 36.4 Å². The molecule has 1 unspecified atom stereocenters. The van der Waals surface area contributed by atoms with E-state index in [9.17, 15) is 4.79 Å². The van der Waals surface area contributed by atoms with Crippen molar-refractivity contribution in [1.29, 1.82) is 0 Å². The van der Waals surface area contributed by atoms with Crippen molar-refractivity contribution in [3.63, 3.8) is 0 Å². The lowest BCUT2D eigenvalue weighted by atomic mass is 9.92. The van der Waals surface area contributed by atoms with Gasteiger partial charge in [0.25, 0.3) is 0 Å². The lowest BCUT2D eigenvalue weighted by Gasteiger charge is -2.37. The van der Waals surface area contributed by atoms with Gasteiger partial charge in [0, 0.05) is 18.8 Å². The van der Waals surface area contributed by atoms with E-state index in [1.54, 1.807) is 21.3 Å². The summed E-state index contributed by atoms with van der Waals surface area (Å²) in [6.45, 7) is 0.928. The number of benzene rings is 2. The molecule has 0 saturated carbocycles. The molecule has 156 valence electrons. The molecule has 0 bridgehead atoms. The summed E-state index contributed by atoms with van der Waals surface area (Å²) in [5.74, 6) is 3.09. The third-order valence-corrected chi connectivity index (χ3v) is 5.29. The Labute approximate surface area is 176 Å². The van der Waals surface area contributed by atoms with Gasteiger partial charge < -0.3 is 23.8 Å². The molecule has 0 saturated heterocycles. The summed E-state index contributed by atoms with van der Waals surface area (Å²) in [5.41, 5.74) is 2.13. The second kappa shape index (κ2) is 9.74. The molecule has 0 fully saturated rings. The molecular weight excluding hydrogens is 394 g/mol. The number of methoxy groups -OCH3 is 3. The summed E-state index contributed by atoms with van der Waals surface area (Å²) in [4.78, 5) is 14.6. The number of carbonyl (C=O) groups is 1. The molecule has 0 aliphatic carbocycles. The Kier molecular flexibility index (Phi) is 7.09. The molecule has 29 heavy (non-hydrogen) atoms. The molecule has 0 radical (unpaired) electrons. The van der Waals surface area contributed by atoms with E-state index >= 15 is 0 Å². The Morgan fingerprint density at radius 2 is 1.69 bits per heavy atom. The van der Waals surface area contributed by atoms with Crippen LogP contribution in [-0.4, -0.2) is 51.2 Å². The van der Waals surface area contributed by atoms with E-state index in [-0.39, 0.29) is 11.9 Å². The van der Waals surface area contributed by atoms with Crippen LogP contribution >= 0.6 is 11.6 Å². The Bertz CT molecular complexity index is 840. The SMILES string of the molecule is COc1ccc(OCC2c3cc(OC)c(OC)cc3CCN2C(=O)CCCl)cc1. The minimum absolute atomic E-state index is 0.0174. The van der Waals surface area contributed by atoms with Gasteiger partial charge in [0.05, 0.1) is 27.4 Å². The van der Waals surface area contributed by atoms with Crippen molar-refractivity contribution in [2.75, 3.05) is 40.4 Å². The Morgan fingerprint density at radius 3 is 2.31 bits per heavy atom. The number of fused-ring (bicyclic) bond motifs is 1. The summed E-state index contributed by atoms with van der Waals surface area (Å²) in [6.07, 6.45) is 1.03. The standard InChI is InChI=1S/C22H26ClNO5/c1-26-16-4-6-17(7-5-16)29-14-19-18-13-21(28-3)20(27-2)12-15(18)9-11-24(19)22(25)8-10-23/h4-7,12-13,19H,8-11,14H2,1-3H3. The maximum absolute atomic E-state index is 12.7. The van der Waals surface area contributed by atoms with Gasteiger partial charge in [0.1, 0.15) is 18.1 Å². The smallest absolute Gasteiger partial charge is 0.224 e. The van der Waals surface area contributed by atoms with Crippen molar-refractivity contribution in [1.82, 2.24) is 4.90 Å². The first-order chi connectivity index (χ1) is 14.1. The van der Waals surface area contributed by atoms with E-state index in [4.69, 9.17) is 30.5 Å². The number of ether oxygens (including phenoxy) is 4. The monoisotopic (exact) mass is 419 g/mol. The van der Waals surface area contributed by atoms with E-state index in [1.165, 1.54) is 0 Å². The quantitative estimate of drug-likeness (QED) is 0.608. The van der Waals surface area contributed by atoms with Crippen molar-refractivity contribution in [2.45, 2.75) is 18.9 Å². The van der Waals surface area contributed by atoms with Gasteiger partial charge >= 0.3 is 0 Å². The van der Waals surface area contributed by atoms with Gasteiger partial charge in [-0.25, -0.2) is 0 Å². The zero-order chi connectivity index (χ0) is 20.8. The molecule has 1 heterocycles. The molecule has 6 nitrogen and oxygen atoms in total. The molecule has 0 aromatic heterocycles. The number of rotatable bonds is 8. The molecule has 1 amide bonds. The van der Waals surface area contributed by atoms with Crippen LogP contribution in [0.5, 0.6) is 23.0 Å². The minimum atomic E-state index is -0.239. The van der Waals surface area contributed by atoms with Gasteiger partial charge in [0.15, 0.2) is 11.5 Å². The normalized spacial score (nSPS) is 15.4. The molecule has 3 rings (SSSR count). The summed E-state index contributed by atoms with van der Waals surface area (Å²) in [7, 11) is 4.84. The molecule has 0 spiro atoms. The van der Waals surface area contributed by atoms with Crippen molar-refractivity contribution in [2.24, 2.45) is 0 Å². The highest BCUT2D eigenvalue weighted by Crippen LogP contribution is 2.38. The average molecular weight is 420 g/mol. The van der Waals surface area contributed by atoms with Crippen LogP contribution in [-0.2, 0) is 11.2 Å². The second-order valence-corrected chi connectivity index (χ2v) is 7.06. The second-order valence-electron chi connectivity index (χ2n) is 6.68. The van der Waals surface area contributed by atoms with E-state index in [1.807, 2.05) is 41.3 Å². The Balaban J connectivity index is 1.90. The lowest BCUT2D eigenvalue weighted by Crippen LogP contribution is -2.42. The Hall–Kier alpha value is -2.60. The maximum atomic E-state index is 12.7. The highest BCUT2D eigenvalue weighted by Gasteiger charge is 2.32. The fourth-order valence-corrected chi connectivity index (χ4v) is 3.74. The summed E-state index contributed by atoms with van der Waals surface area (Å²) >= 11 is 5.83. The Morgan fingerprint density at radius 1 is 1.03 bits per heavy atom. The first-order valence-corrected chi connectivity index (χ1v) is 10.0. The predicted octanol–water partition coefficient (Wildman–Crippen LogP) is 3.85. The molecular formula is C22H26ClNO5. The summed E-state index contributed by atoms with van der Waals surface area (Å²) in [5, 5.41) is 0. The van der Waals surface area contributed by atoms with Gasteiger partial charge in [-0.1, -0.05) is 0 Å². The lowest BCUT2D eigenvalue weighted by molar-refractivity contribution is -0.134. The number of carbonyl (C=O) groups excluding carboxylic acids is 1. The van der Waals surface area contributed by atoms with Gasteiger partial charge in [-0.05, 0) is 53.9 Å². The van der Waals surface area contributed by atoms with Crippen molar-refractivity contribution < 1.29 is 23.7 Å². The number of amides is 1. The molecule has 2 aromatic rings. The first kappa shape index (κ1) is 21.1. The number of hydrogen-bond donors (Lipinski definition) is 0. The number of hydrogen-bond acceptors (Lipinski definition) is 5. The number of alkyl halides is 1. The van der Waals surface area contributed by atoms with Crippen LogP contribution in [0.3, 0.4) is 0 Å². The van der Waals surface area contributed by atoms with Gasteiger partial charge in [-0.2, -0.15) is 0 Å². The third-order valence-electron chi connectivity index (χ3n) is 5.10. The van der Waals surface area contributed by atoms with Gasteiger partial charge in [-0.3, -0.25) is 4.79 Å². The number of nitrogens with zero attached hydrogens (tertiary/aromatic N) is 1. The van der Waals surface area contributed by atoms with Gasteiger partial charge in [-0.15, -0.1) is 11.6 Å². The van der Waals surface area contributed by atoms with Crippen LogP contribution < -0.4 is 18.9 Å². The summed E-state index contributed by atoms with van der Waals surface area (Å²) in [6, 6.07) is 11.1. The van der Waals surface area contributed by atoms with Crippen LogP contribution in [0.25, 0.3) is 0 Å². The van der Waals surface area contributed by atoms with E-state index in [2.05, 4.69) is 0 Å². The topological polar surface area (TPSA) is 57.2 Å². The highest BCUT2D eigenvalue weighted by molar-refractivity contribution is 6.18. The van der Waals surface area contributed by atoms with Crippen molar-refractivity contribution in [3.05, 3.63) is 47.5 Å². The van der Waals surface area contributed by atoms with E-state index < -0.39 is 0 Å². The van der Waals surface area contributed by atoms with Crippen molar-refractivity contribution in [3.8, 4) is 23.0 Å². The van der Waals surface area contributed by atoms with Crippen LogP contribution in [0, 0.1) is 0 Å². The van der Waals surface area contributed by atoms with E-state index in [0.29, 0.717) is 42.7 Å². The number of halogens is 1. The van der Waals surface area contributed by atoms with Crippen LogP contribution in [0.2, 0.25) is 0 Å². The molecule has 0 N–H and O–H groups in total. The average Bonchev–Trinajstić information content (AvgIpc) is 2.76. The van der Waals surface area contributed by atoms with Crippen LogP contribution in [0.4, 0.5) is 0 Å². The fraction of sp³-hybridized carbons (Fsp3) is 0.409. The molecule has 1 aliphatic rings. The third kappa shape index (κ3) is 4.70. The minimum Gasteiger partial charge on any atom is -0.497 e. The molecule has 2 aromatic carbocycles. The van der Waals surface area contributed by atoms with Crippen molar-refractivity contribution >= 4 is 17.5 Å². The molecule has 7 heteroatoms. The van der Waals surface area contributed by atoms with Crippen LogP contribution in [0.1, 0.15) is 23.6 Å². The summed E-state index contributed by atoms with van der Waals surface area (Å²) < 4.78 is 22.1. The fourth-order valence-electron chi connectivity index (χ4n) is 3.58.